The van der Waals surface area contributed by atoms with E-state index in [2.05, 4.69) is 38.2 Å². The number of hydrogen-bond donors (Lipinski definition) is 3. The number of aromatic hydroxyl groups is 1. The molecule has 3 rings (SSSR count). The van der Waals surface area contributed by atoms with Gasteiger partial charge in [-0.05, 0) is 56.5 Å². The molecule has 2 aromatic carbocycles. The molecule has 1 atom stereocenters. The number of nitrogens with zero attached hydrogens (tertiary/aromatic N) is 1. The number of unbranched alkanes of at least 4 members (excludes halogenated alkanes) is 1. The lowest BCUT2D eigenvalue weighted by atomic mass is 9.94. The van der Waals surface area contributed by atoms with Gasteiger partial charge < -0.3 is 35.3 Å². The first-order valence-electron chi connectivity index (χ1n) is 10.8. The van der Waals surface area contributed by atoms with Crippen LogP contribution < -0.4 is 14.8 Å². The van der Waals surface area contributed by atoms with Crippen LogP contribution in [-0.2, 0) is 13.0 Å². The summed E-state index contributed by atoms with van der Waals surface area (Å²) >= 11 is 0. The van der Waals surface area contributed by atoms with Gasteiger partial charge in [-0.15, -0.1) is 0 Å². The van der Waals surface area contributed by atoms with E-state index in [1.54, 1.807) is 6.07 Å². The van der Waals surface area contributed by atoms with Crippen LogP contribution in [0.15, 0.2) is 36.4 Å². The first kappa shape index (κ1) is 23.3. The van der Waals surface area contributed by atoms with Gasteiger partial charge in [0, 0.05) is 29.8 Å². The second-order valence-electron chi connectivity index (χ2n) is 8.70. The molecule has 0 amide bonds. The van der Waals surface area contributed by atoms with Crippen LogP contribution >= 0.6 is 0 Å². The Morgan fingerprint density at radius 1 is 1.23 bits per heavy atom. The maximum Gasteiger partial charge on any atom is 0.135 e. The van der Waals surface area contributed by atoms with Gasteiger partial charge in [-0.2, -0.15) is 0 Å². The third-order valence-corrected chi connectivity index (χ3v) is 5.42. The fourth-order valence-corrected chi connectivity index (χ4v) is 3.67. The van der Waals surface area contributed by atoms with E-state index in [-0.39, 0.29) is 24.6 Å². The second kappa shape index (κ2) is 10.3. The van der Waals surface area contributed by atoms with Crippen LogP contribution in [0.25, 0.3) is 0 Å². The molecule has 1 aliphatic heterocycles. The van der Waals surface area contributed by atoms with E-state index in [4.69, 9.17) is 9.47 Å². The van der Waals surface area contributed by atoms with Crippen molar-refractivity contribution in [1.29, 1.82) is 0 Å². The zero-order chi connectivity index (χ0) is 22.4. The highest BCUT2D eigenvalue weighted by Crippen LogP contribution is 2.38. The van der Waals surface area contributed by atoms with Crippen molar-refractivity contribution in [3.63, 3.8) is 0 Å². The first-order chi connectivity index (χ1) is 14.8. The Morgan fingerprint density at radius 3 is 2.68 bits per heavy atom. The quantitative estimate of drug-likeness (QED) is 0.493. The number of aliphatic hydroxyl groups is 1. The normalized spacial score (nSPS) is 15.3. The summed E-state index contributed by atoms with van der Waals surface area (Å²) in [6.07, 6.45) is 2.11. The van der Waals surface area contributed by atoms with Crippen LogP contribution in [0.2, 0.25) is 0 Å². The van der Waals surface area contributed by atoms with Gasteiger partial charge in [0.15, 0.2) is 0 Å². The fourth-order valence-electron chi connectivity index (χ4n) is 3.67. The van der Waals surface area contributed by atoms with Gasteiger partial charge in [-0.25, -0.2) is 0 Å². The summed E-state index contributed by atoms with van der Waals surface area (Å²) in [7, 11) is 0. The molecule has 0 spiro atoms. The van der Waals surface area contributed by atoms with Crippen molar-refractivity contribution in [3.05, 3.63) is 58.3 Å². The molecule has 0 saturated carbocycles. The van der Waals surface area contributed by atoms with Gasteiger partial charge in [0.05, 0.1) is 12.7 Å². The van der Waals surface area contributed by atoms with E-state index in [9.17, 15) is 15.4 Å². The molecule has 0 bridgehead atoms. The molecule has 170 valence electrons. The number of phenolic OH excluding ortho intramolecular Hbond substituents is 1. The summed E-state index contributed by atoms with van der Waals surface area (Å²) in [6.45, 7) is 7.28. The summed E-state index contributed by atoms with van der Waals surface area (Å²) in [5.41, 5.74) is 1.90. The average molecular weight is 430 g/mol. The van der Waals surface area contributed by atoms with Crippen LogP contribution in [0.4, 0.5) is 0 Å². The summed E-state index contributed by atoms with van der Waals surface area (Å²) in [4.78, 5) is 0. The largest absolute Gasteiger partial charge is 0.783 e. The van der Waals surface area contributed by atoms with Crippen molar-refractivity contribution in [1.82, 2.24) is 10.4 Å². The minimum atomic E-state index is -0.832. The average Bonchev–Trinajstić information content (AvgIpc) is 2.74. The summed E-state index contributed by atoms with van der Waals surface area (Å²) in [6, 6.07) is 11.3. The Labute approximate surface area is 184 Å². The summed E-state index contributed by atoms with van der Waals surface area (Å²) in [5.74, 6) is 1.28. The highest BCUT2D eigenvalue weighted by Gasteiger charge is 2.25. The molecule has 0 saturated heterocycles. The minimum Gasteiger partial charge on any atom is -0.783 e. The lowest BCUT2D eigenvalue weighted by Crippen LogP contribution is -2.43. The number of nitrogens with one attached hydrogen (secondary N) is 1. The topological polar surface area (TPSA) is 97.2 Å². The van der Waals surface area contributed by atoms with Gasteiger partial charge in [0.25, 0.3) is 0 Å². The molecule has 0 fully saturated rings. The number of rotatable bonds is 10. The van der Waals surface area contributed by atoms with E-state index >= 15 is 0 Å². The number of hydroxylamine groups is 2. The van der Waals surface area contributed by atoms with Gasteiger partial charge >= 0.3 is 0 Å². The molecule has 7 nitrogen and oxygen atoms in total. The Hall–Kier alpha value is -2.32. The number of fused-ring (bicyclic) bond motifs is 1. The van der Waals surface area contributed by atoms with Gasteiger partial charge in [0.1, 0.15) is 24.0 Å². The van der Waals surface area contributed by atoms with E-state index in [0.29, 0.717) is 23.4 Å². The Balaban J connectivity index is 1.58. The molecule has 1 aliphatic rings. The molecule has 1 heterocycles. The maximum absolute atomic E-state index is 11.6. The van der Waals surface area contributed by atoms with Crippen LogP contribution in [0.5, 0.6) is 17.2 Å². The lowest BCUT2D eigenvalue weighted by molar-refractivity contribution is 0.121. The van der Waals surface area contributed by atoms with Crippen molar-refractivity contribution in [2.75, 3.05) is 19.9 Å². The van der Waals surface area contributed by atoms with E-state index < -0.39 is 6.10 Å². The van der Waals surface area contributed by atoms with E-state index in [0.717, 1.165) is 36.7 Å². The van der Waals surface area contributed by atoms with Crippen LogP contribution in [0.1, 0.15) is 56.4 Å². The number of benzene rings is 2. The first-order valence-corrected chi connectivity index (χ1v) is 10.8. The Morgan fingerprint density at radius 2 is 1.97 bits per heavy atom. The molecule has 2 aromatic rings. The van der Waals surface area contributed by atoms with E-state index in [1.165, 1.54) is 11.6 Å². The number of ether oxygens (including phenoxy) is 2. The molecular weight excluding hydrogens is 396 g/mol. The second-order valence-corrected chi connectivity index (χ2v) is 8.70. The van der Waals surface area contributed by atoms with Crippen LogP contribution in [0.3, 0.4) is 0 Å². The molecule has 31 heavy (non-hydrogen) atoms. The Kier molecular flexibility index (Phi) is 7.78. The zero-order valence-electron chi connectivity index (χ0n) is 18.6. The maximum atomic E-state index is 11.6. The van der Waals surface area contributed by atoms with Crippen LogP contribution in [0, 0.1) is 5.21 Å². The van der Waals surface area contributed by atoms with Crippen molar-refractivity contribution in [2.45, 2.75) is 58.2 Å². The lowest BCUT2D eigenvalue weighted by Gasteiger charge is -2.35. The molecule has 7 heteroatoms. The smallest absolute Gasteiger partial charge is 0.135 e. The zero-order valence-corrected chi connectivity index (χ0v) is 18.6. The predicted molar refractivity (Wildman–Crippen MR) is 120 cm³/mol. The van der Waals surface area contributed by atoms with Crippen LogP contribution in [-0.4, -0.2) is 40.7 Å². The summed E-state index contributed by atoms with van der Waals surface area (Å²) < 4.78 is 11.2. The molecular formula is C24H33N2O5-. The van der Waals surface area contributed by atoms with Gasteiger partial charge in [-0.3, -0.25) is 0 Å². The third-order valence-electron chi connectivity index (χ3n) is 5.42. The molecule has 3 N–H and O–H groups in total. The highest BCUT2D eigenvalue weighted by molar-refractivity contribution is 5.51. The number of hydrogen-bond acceptors (Lipinski definition) is 7. The number of phenols is 1. The molecule has 0 aromatic heterocycles. The molecule has 0 radical (unpaired) electrons. The monoisotopic (exact) mass is 429 g/mol. The SMILES string of the molecule is CCCCOc1ccc(CC(C)(C)NCC(O)c2ccc(O)c3c2OCN([O-])C3)cc1. The number of aliphatic hydroxyl groups excluding tert-OH is 1. The fraction of sp³-hybridized carbons (Fsp3) is 0.500. The van der Waals surface area contributed by atoms with Gasteiger partial charge in [-0.1, -0.05) is 25.5 Å². The standard InChI is InChI=1S/C24H33N2O5/c1-4-5-12-30-18-8-6-17(7-9-18)13-24(2,3)25-14-22(28)19-10-11-21(27)20-15-26(29)16-31-23(19)20/h6-11,22,25,27-28H,4-5,12-16H2,1-3H3/q-1. The van der Waals surface area contributed by atoms with Gasteiger partial charge in [0.2, 0.25) is 0 Å². The summed E-state index contributed by atoms with van der Waals surface area (Å²) in [5, 5.41) is 36.5. The Bertz CT molecular complexity index is 854. The van der Waals surface area contributed by atoms with Crippen molar-refractivity contribution < 1.29 is 19.7 Å². The van der Waals surface area contributed by atoms with Crippen molar-refractivity contribution >= 4 is 0 Å². The van der Waals surface area contributed by atoms with Crippen molar-refractivity contribution in [3.8, 4) is 17.2 Å². The minimum absolute atomic E-state index is 0.00177. The van der Waals surface area contributed by atoms with Crippen molar-refractivity contribution in [2.24, 2.45) is 0 Å². The van der Waals surface area contributed by atoms with E-state index in [1.807, 2.05) is 12.1 Å². The third kappa shape index (κ3) is 6.33. The predicted octanol–water partition coefficient (Wildman–Crippen LogP) is 3.87. The molecule has 0 aliphatic carbocycles. The number of β-amino-alcohol motifs (C(OH)–C–C–N with tert-alkyl or cyclic N) is 1. The molecule has 1 unspecified atom stereocenters. The highest BCUT2D eigenvalue weighted by atomic mass is 16.6.